The summed E-state index contributed by atoms with van der Waals surface area (Å²) in [7, 11) is 0. The van der Waals surface area contributed by atoms with Crippen molar-refractivity contribution >= 4 is 23.2 Å². The summed E-state index contributed by atoms with van der Waals surface area (Å²) in [6.45, 7) is 0. The molecule has 1 N–H and O–H groups in total. The molecule has 1 heterocycles. The molecule has 22 heavy (non-hydrogen) atoms. The van der Waals surface area contributed by atoms with Crippen LogP contribution in [0.15, 0.2) is 22.7 Å². The molecule has 4 nitrogen and oxygen atoms in total. The molecule has 1 aliphatic rings. The minimum atomic E-state index is -4.51. The van der Waals surface area contributed by atoms with E-state index in [1.54, 1.807) is 0 Å². The van der Waals surface area contributed by atoms with Gasteiger partial charge in [-0.1, -0.05) is 16.8 Å². The van der Waals surface area contributed by atoms with Crippen molar-refractivity contribution < 1.29 is 22.5 Å². The van der Waals surface area contributed by atoms with Crippen LogP contribution in [0.25, 0.3) is 0 Å². The van der Waals surface area contributed by atoms with E-state index in [2.05, 4.69) is 10.5 Å². The Bertz CT molecular complexity index is 740. The Kier molecular flexibility index (Phi) is 3.60. The predicted molar refractivity (Wildman–Crippen MR) is 72.9 cm³/mol. The molecule has 1 aromatic carbocycles. The molecule has 0 saturated heterocycles. The van der Waals surface area contributed by atoms with Gasteiger partial charge in [-0.15, -0.1) is 0 Å². The molecular weight excluding hydrogens is 321 g/mol. The molecule has 8 heteroatoms. The first-order valence-electron chi connectivity index (χ1n) is 6.52. The van der Waals surface area contributed by atoms with Crippen LogP contribution in [-0.2, 0) is 19.0 Å². The highest BCUT2D eigenvalue weighted by Crippen LogP contribution is 2.34. The number of hydrogen-bond donors (Lipinski definition) is 1. The lowest BCUT2D eigenvalue weighted by molar-refractivity contribution is -0.137. The molecule has 0 spiro atoms. The molecule has 0 atom stereocenters. The van der Waals surface area contributed by atoms with Gasteiger partial charge in [0.05, 0.1) is 16.3 Å². The van der Waals surface area contributed by atoms with Gasteiger partial charge < -0.3 is 9.84 Å². The van der Waals surface area contributed by atoms with Crippen molar-refractivity contribution in [3.63, 3.8) is 0 Å². The maximum atomic E-state index is 12.7. The number of fused-ring (bicyclic) bond motifs is 1. The van der Waals surface area contributed by atoms with Crippen molar-refractivity contribution in [1.29, 1.82) is 0 Å². The number of amides is 1. The van der Waals surface area contributed by atoms with Crippen LogP contribution in [0.3, 0.4) is 0 Å². The van der Waals surface area contributed by atoms with Crippen molar-refractivity contribution in [1.82, 2.24) is 5.16 Å². The topological polar surface area (TPSA) is 55.1 Å². The van der Waals surface area contributed by atoms with Crippen molar-refractivity contribution in [2.45, 2.75) is 25.4 Å². The number of halogens is 4. The first-order chi connectivity index (χ1) is 10.4. The van der Waals surface area contributed by atoms with Gasteiger partial charge in [0, 0.05) is 12.0 Å². The standard InChI is InChI=1S/C14H10ClF3N2O2/c15-9-5-4-7(14(16,17)18)6-10(9)19-13(21)12-8-2-1-3-11(8)22-20-12/h4-6H,1-3H2,(H,19,21). The molecule has 0 saturated carbocycles. The van der Waals surface area contributed by atoms with Crippen LogP contribution < -0.4 is 5.32 Å². The fourth-order valence-corrected chi connectivity index (χ4v) is 2.55. The second-order valence-corrected chi connectivity index (χ2v) is 5.34. The van der Waals surface area contributed by atoms with Gasteiger partial charge in [-0.05, 0) is 31.0 Å². The average molecular weight is 331 g/mol. The fraction of sp³-hybridized carbons (Fsp3) is 0.286. The van der Waals surface area contributed by atoms with Gasteiger partial charge in [0.25, 0.3) is 5.91 Å². The van der Waals surface area contributed by atoms with E-state index in [0.29, 0.717) is 24.2 Å². The molecule has 116 valence electrons. The van der Waals surface area contributed by atoms with Crippen LogP contribution in [0.5, 0.6) is 0 Å². The number of rotatable bonds is 2. The normalized spacial score (nSPS) is 14.0. The minimum Gasteiger partial charge on any atom is -0.360 e. The molecule has 0 fully saturated rings. The number of carbonyl (C=O) groups is 1. The average Bonchev–Trinajstić information content (AvgIpc) is 3.02. The van der Waals surface area contributed by atoms with Gasteiger partial charge in [0.15, 0.2) is 5.69 Å². The number of hydrogen-bond acceptors (Lipinski definition) is 3. The van der Waals surface area contributed by atoms with E-state index in [4.69, 9.17) is 16.1 Å². The number of alkyl halides is 3. The molecule has 0 radical (unpaired) electrons. The van der Waals surface area contributed by atoms with Gasteiger partial charge in [-0.3, -0.25) is 4.79 Å². The Morgan fingerprint density at radius 2 is 2.09 bits per heavy atom. The Hall–Kier alpha value is -2.02. The number of nitrogens with zero attached hydrogens (tertiary/aromatic N) is 1. The summed E-state index contributed by atoms with van der Waals surface area (Å²) in [4.78, 5) is 12.2. The maximum Gasteiger partial charge on any atom is 0.416 e. The highest BCUT2D eigenvalue weighted by atomic mass is 35.5. The highest BCUT2D eigenvalue weighted by molar-refractivity contribution is 6.34. The predicted octanol–water partition coefficient (Wildman–Crippen LogP) is 4.09. The lowest BCUT2D eigenvalue weighted by Crippen LogP contribution is -2.15. The molecule has 1 amide bonds. The summed E-state index contributed by atoms with van der Waals surface area (Å²) in [5.41, 5.74) is -0.199. The fourth-order valence-electron chi connectivity index (χ4n) is 2.38. The molecule has 1 aliphatic carbocycles. The van der Waals surface area contributed by atoms with Crippen LogP contribution in [0.1, 0.15) is 33.8 Å². The van der Waals surface area contributed by atoms with Crippen LogP contribution in [0, 0.1) is 0 Å². The molecule has 0 unspecified atom stereocenters. The van der Waals surface area contributed by atoms with E-state index < -0.39 is 17.6 Å². The molecule has 1 aromatic heterocycles. The summed E-state index contributed by atoms with van der Waals surface area (Å²) in [6.07, 6.45) is -2.28. The van der Waals surface area contributed by atoms with E-state index in [1.165, 1.54) is 0 Å². The van der Waals surface area contributed by atoms with E-state index in [9.17, 15) is 18.0 Å². The zero-order valence-corrected chi connectivity index (χ0v) is 11.9. The third-order valence-corrected chi connectivity index (χ3v) is 3.79. The molecule has 2 aromatic rings. The summed E-state index contributed by atoms with van der Waals surface area (Å²) < 4.78 is 43.2. The van der Waals surface area contributed by atoms with Crippen molar-refractivity contribution in [2.24, 2.45) is 0 Å². The number of aromatic nitrogens is 1. The summed E-state index contributed by atoms with van der Waals surface area (Å²) >= 11 is 5.84. The molecule has 3 rings (SSSR count). The highest BCUT2D eigenvalue weighted by Gasteiger charge is 2.31. The number of nitrogens with one attached hydrogen (secondary N) is 1. The van der Waals surface area contributed by atoms with Crippen LogP contribution in [0.2, 0.25) is 5.02 Å². The van der Waals surface area contributed by atoms with Gasteiger partial charge in [0.1, 0.15) is 5.76 Å². The molecule has 0 aliphatic heterocycles. The maximum absolute atomic E-state index is 12.7. The lowest BCUT2D eigenvalue weighted by Gasteiger charge is -2.11. The summed E-state index contributed by atoms with van der Waals surface area (Å²) in [5.74, 6) is 0.0217. The van der Waals surface area contributed by atoms with E-state index in [0.717, 1.165) is 24.6 Å². The quantitative estimate of drug-likeness (QED) is 0.902. The number of benzene rings is 1. The van der Waals surface area contributed by atoms with E-state index in [-0.39, 0.29) is 16.4 Å². The zero-order chi connectivity index (χ0) is 15.9. The third-order valence-electron chi connectivity index (χ3n) is 3.46. The van der Waals surface area contributed by atoms with Gasteiger partial charge in [0.2, 0.25) is 0 Å². The SMILES string of the molecule is O=C(Nc1cc(C(F)(F)F)ccc1Cl)c1noc2c1CCC2. The monoisotopic (exact) mass is 330 g/mol. The number of anilines is 1. The largest absolute Gasteiger partial charge is 0.416 e. The van der Waals surface area contributed by atoms with Crippen LogP contribution in [-0.4, -0.2) is 11.1 Å². The Balaban J connectivity index is 1.88. The number of aryl methyl sites for hydroxylation is 1. The summed E-state index contributed by atoms with van der Waals surface area (Å²) in [5, 5.41) is 6.06. The summed E-state index contributed by atoms with van der Waals surface area (Å²) in [6, 6.07) is 2.74. The molecular formula is C14H10ClF3N2O2. The lowest BCUT2D eigenvalue weighted by atomic mass is 10.1. The van der Waals surface area contributed by atoms with Crippen molar-refractivity contribution in [3.05, 3.63) is 45.8 Å². The second kappa shape index (κ2) is 5.31. The van der Waals surface area contributed by atoms with Crippen molar-refractivity contribution in [3.8, 4) is 0 Å². The van der Waals surface area contributed by atoms with Crippen LogP contribution in [0.4, 0.5) is 18.9 Å². The zero-order valence-electron chi connectivity index (χ0n) is 11.1. The minimum absolute atomic E-state index is 0.0153. The third kappa shape index (κ3) is 2.68. The first-order valence-corrected chi connectivity index (χ1v) is 6.89. The molecule has 0 bridgehead atoms. The number of carbonyl (C=O) groups excluding carboxylic acids is 1. The van der Waals surface area contributed by atoms with Gasteiger partial charge >= 0.3 is 6.18 Å². The van der Waals surface area contributed by atoms with E-state index in [1.807, 2.05) is 0 Å². The van der Waals surface area contributed by atoms with Gasteiger partial charge in [-0.25, -0.2) is 0 Å². The van der Waals surface area contributed by atoms with Crippen molar-refractivity contribution in [2.75, 3.05) is 5.32 Å². The van der Waals surface area contributed by atoms with Crippen LogP contribution >= 0.6 is 11.6 Å². The van der Waals surface area contributed by atoms with E-state index >= 15 is 0 Å². The smallest absolute Gasteiger partial charge is 0.360 e. The first kappa shape index (κ1) is 14.9. The van der Waals surface area contributed by atoms with Gasteiger partial charge in [-0.2, -0.15) is 13.2 Å². The second-order valence-electron chi connectivity index (χ2n) is 4.93. The Morgan fingerprint density at radius 3 is 2.82 bits per heavy atom. The Morgan fingerprint density at radius 1 is 1.32 bits per heavy atom. The Labute approximate surface area is 128 Å².